The van der Waals surface area contributed by atoms with E-state index in [4.69, 9.17) is 9.47 Å². The Morgan fingerprint density at radius 3 is 2.37 bits per heavy atom. The average Bonchev–Trinajstić information content (AvgIpc) is 3.52. The van der Waals surface area contributed by atoms with Crippen molar-refractivity contribution in [3.8, 4) is 5.75 Å². The van der Waals surface area contributed by atoms with Gasteiger partial charge in [0.05, 0.1) is 53.8 Å². The lowest BCUT2D eigenvalue weighted by atomic mass is 10.0. The van der Waals surface area contributed by atoms with Crippen LogP contribution in [0, 0.1) is 5.92 Å². The number of benzene rings is 1. The Bertz CT molecular complexity index is 1390. The number of alkyl halides is 6. The van der Waals surface area contributed by atoms with Crippen molar-refractivity contribution in [2.75, 3.05) is 50.7 Å². The molecule has 8 nitrogen and oxygen atoms in total. The lowest BCUT2D eigenvalue weighted by Crippen LogP contribution is -2.43. The summed E-state index contributed by atoms with van der Waals surface area (Å²) < 4.78 is 106. The Kier molecular flexibility index (Phi) is 12.0. The third-order valence-electron chi connectivity index (χ3n) is 8.05. The summed E-state index contributed by atoms with van der Waals surface area (Å²) in [5.74, 6) is 1.37. The van der Waals surface area contributed by atoms with Gasteiger partial charge in [0.1, 0.15) is 6.23 Å². The Labute approximate surface area is 267 Å². The molecule has 1 fully saturated rings. The van der Waals surface area contributed by atoms with E-state index in [0.717, 1.165) is 37.9 Å². The quantitative estimate of drug-likeness (QED) is 0.229. The van der Waals surface area contributed by atoms with Gasteiger partial charge in [0.2, 0.25) is 5.95 Å². The Morgan fingerprint density at radius 2 is 1.78 bits per heavy atom. The number of nitrogens with zero attached hydrogens (tertiary/aromatic N) is 4. The van der Waals surface area contributed by atoms with E-state index in [9.17, 15) is 30.6 Å². The number of likely N-dealkylation sites (N-methyl/N-ethyl adjacent to an activating group) is 1. The van der Waals surface area contributed by atoms with Crippen molar-refractivity contribution >= 4 is 16.7 Å². The molecule has 1 aliphatic heterocycles. The number of aromatic nitrogens is 2. The van der Waals surface area contributed by atoms with Crippen LogP contribution in [0.15, 0.2) is 54.1 Å². The molecule has 15 heteroatoms. The fraction of sp³-hybridized carbons (Fsp3) is 0.548. The lowest BCUT2D eigenvalue weighted by molar-refractivity contribution is -0.142. The van der Waals surface area contributed by atoms with E-state index in [1.54, 1.807) is 17.2 Å². The van der Waals surface area contributed by atoms with E-state index < -0.39 is 52.6 Å². The second-order valence-corrected chi connectivity index (χ2v) is 12.8. The second kappa shape index (κ2) is 15.5. The normalized spacial score (nSPS) is 18.3. The first kappa shape index (κ1) is 35.5. The zero-order chi connectivity index (χ0) is 33.5. The maximum atomic E-state index is 14.1. The summed E-state index contributed by atoms with van der Waals surface area (Å²) in [5, 5.41) is 3.12. The molecule has 2 heterocycles. The Balaban J connectivity index is 1.71. The fourth-order valence-corrected chi connectivity index (χ4v) is 6.05. The summed E-state index contributed by atoms with van der Waals surface area (Å²) in [7, 11) is 0.369. The van der Waals surface area contributed by atoms with Crippen LogP contribution >= 0.6 is 0 Å². The minimum absolute atomic E-state index is 0.0377. The van der Waals surface area contributed by atoms with Gasteiger partial charge in [-0.15, -0.1) is 0 Å². The number of ether oxygens (including phenoxy) is 2. The minimum atomic E-state index is -4.87. The highest BCUT2D eigenvalue weighted by Gasteiger charge is 2.38. The molecule has 254 valence electrons. The van der Waals surface area contributed by atoms with Crippen LogP contribution in [0.1, 0.15) is 49.3 Å². The highest BCUT2D eigenvalue weighted by molar-refractivity contribution is 7.84. The average molecular weight is 676 g/mol. The SMILES string of the molecule is CCN(CC1CCCC1)C1=C(CNc2ncc(OCCS(C)=O)cn2)N(Cc2cc(C(F)(F)F)ccc2C(F)(F)F)C(OC)C=C1. The number of anilines is 1. The molecule has 0 radical (unpaired) electrons. The Morgan fingerprint density at radius 1 is 1.09 bits per heavy atom. The van der Waals surface area contributed by atoms with Gasteiger partial charge < -0.3 is 24.6 Å². The molecule has 1 aromatic heterocycles. The van der Waals surface area contributed by atoms with Crippen LogP contribution in [0.4, 0.5) is 32.3 Å². The van der Waals surface area contributed by atoms with E-state index in [2.05, 4.69) is 20.2 Å². The van der Waals surface area contributed by atoms with Crippen molar-refractivity contribution in [1.29, 1.82) is 0 Å². The number of hydrogen-bond acceptors (Lipinski definition) is 8. The molecular weight excluding hydrogens is 636 g/mol. The molecule has 4 rings (SSSR count). The van der Waals surface area contributed by atoms with Crippen molar-refractivity contribution in [2.24, 2.45) is 5.92 Å². The zero-order valence-electron chi connectivity index (χ0n) is 26.0. The van der Waals surface area contributed by atoms with Crippen molar-refractivity contribution < 1.29 is 40.0 Å². The number of allylic oxidation sites excluding steroid dienone is 1. The van der Waals surface area contributed by atoms with Crippen LogP contribution in [-0.4, -0.2) is 75.6 Å². The summed E-state index contributed by atoms with van der Waals surface area (Å²) in [6.07, 6.45) is 1.84. The first-order chi connectivity index (χ1) is 21.8. The number of rotatable bonds is 14. The molecule has 2 atom stereocenters. The van der Waals surface area contributed by atoms with Crippen LogP contribution < -0.4 is 10.1 Å². The standard InChI is InChI=1S/C31H39F6N5O3S/c1-4-41(19-21-7-5-6-8-21)26-11-12-28(44-2)42(20-22-15-23(30(32,33)34)9-10-25(22)31(35,36)37)27(26)18-40-29-38-16-24(17-39-29)45-13-14-46(3)43/h9-12,15-17,21,28H,4-8,13-14,18-20H2,1-3H3,(H,38,39,40). The van der Waals surface area contributed by atoms with Crippen LogP contribution in [0.5, 0.6) is 5.75 Å². The van der Waals surface area contributed by atoms with Gasteiger partial charge in [0.15, 0.2) is 5.75 Å². The number of hydrogen-bond donors (Lipinski definition) is 1. The predicted octanol–water partition coefficient (Wildman–Crippen LogP) is 6.45. The summed E-state index contributed by atoms with van der Waals surface area (Å²) in [6, 6.07) is 1.49. The fourth-order valence-electron chi connectivity index (χ4n) is 5.73. The van der Waals surface area contributed by atoms with E-state index in [0.29, 0.717) is 47.9 Å². The molecule has 1 aliphatic carbocycles. The van der Waals surface area contributed by atoms with E-state index >= 15 is 0 Å². The molecule has 0 saturated heterocycles. The molecule has 0 amide bonds. The van der Waals surface area contributed by atoms with Gasteiger partial charge >= 0.3 is 12.4 Å². The summed E-state index contributed by atoms with van der Waals surface area (Å²) >= 11 is 0. The van der Waals surface area contributed by atoms with Gasteiger partial charge in [0, 0.05) is 43.8 Å². The monoisotopic (exact) mass is 675 g/mol. The molecule has 2 aliphatic rings. The smallest absolute Gasteiger partial charge is 0.416 e. The van der Waals surface area contributed by atoms with Gasteiger partial charge in [-0.1, -0.05) is 12.8 Å². The largest absolute Gasteiger partial charge is 0.489 e. The van der Waals surface area contributed by atoms with Gasteiger partial charge in [-0.25, -0.2) is 9.97 Å². The van der Waals surface area contributed by atoms with Crippen molar-refractivity contribution in [3.05, 3.63) is 70.8 Å². The zero-order valence-corrected chi connectivity index (χ0v) is 26.8. The molecule has 0 spiro atoms. The van der Waals surface area contributed by atoms with Crippen LogP contribution in [0.3, 0.4) is 0 Å². The molecule has 1 aromatic carbocycles. The van der Waals surface area contributed by atoms with Crippen molar-refractivity contribution in [1.82, 2.24) is 19.8 Å². The molecule has 2 unspecified atom stereocenters. The third kappa shape index (κ3) is 9.36. The minimum Gasteiger partial charge on any atom is -0.489 e. The highest BCUT2D eigenvalue weighted by Crippen LogP contribution is 2.39. The highest BCUT2D eigenvalue weighted by atomic mass is 32.2. The van der Waals surface area contributed by atoms with Gasteiger partial charge in [0.25, 0.3) is 0 Å². The lowest BCUT2D eigenvalue weighted by Gasteiger charge is -2.40. The van der Waals surface area contributed by atoms with Crippen LogP contribution in [0.2, 0.25) is 0 Å². The van der Waals surface area contributed by atoms with Crippen molar-refractivity contribution in [2.45, 2.75) is 57.7 Å². The molecule has 46 heavy (non-hydrogen) atoms. The maximum absolute atomic E-state index is 14.1. The summed E-state index contributed by atoms with van der Waals surface area (Å²) in [6.45, 7) is 3.07. The number of halogens is 6. The molecule has 0 bridgehead atoms. The van der Waals surface area contributed by atoms with Gasteiger partial charge in [-0.2, -0.15) is 26.3 Å². The maximum Gasteiger partial charge on any atom is 0.416 e. The predicted molar refractivity (Wildman–Crippen MR) is 163 cm³/mol. The van der Waals surface area contributed by atoms with Crippen molar-refractivity contribution in [3.63, 3.8) is 0 Å². The van der Waals surface area contributed by atoms with E-state index in [1.807, 2.05) is 13.0 Å². The topological polar surface area (TPSA) is 79.8 Å². The molecule has 2 aromatic rings. The van der Waals surface area contributed by atoms with E-state index in [1.165, 1.54) is 19.5 Å². The van der Waals surface area contributed by atoms with Gasteiger partial charge in [-0.3, -0.25) is 4.21 Å². The number of nitrogens with one attached hydrogen (secondary N) is 1. The molecule has 1 saturated carbocycles. The first-order valence-corrected chi connectivity index (χ1v) is 16.7. The first-order valence-electron chi connectivity index (χ1n) is 15.0. The second-order valence-electron chi connectivity index (χ2n) is 11.2. The Hall–Kier alpha value is -3.33. The van der Waals surface area contributed by atoms with Crippen LogP contribution in [0.25, 0.3) is 0 Å². The summed E-state index contributed by atoms with van der Waals surface area (Å²) in [5.41, 5.74) is -1.60. The summed E-state index contributed by atoms with van der Waals surface area (Å²) in [4.78, 5) is 12.2. The van der Waals surface area contributed by atoms with E-state index in [-0.39, 0.29) is 19.1 Å². The molecular formula is C31H39F6N5O3S. The van der Waals surface area contributed by atoms with Crippen LogP contribution in [-0.2, 0) is 34.4 Å². The third-order valence-corrected chi connectivity index (χ3v) is 8.79. The van der Waals surface area contributed by atoms with Gasteiger partial charge in [-0.05, 0) is 61.6 Å². The molecule has 1 N–H and O–H groups in total. The number of methoxy groups -OCH3 is 1.